The normalized spacial score (nSPS) is 15.6. The highest BCUT2D eigenvalue weighted by Crippen LogP contribution is 2.32. The van der Waals surface area contributed by atoms with Gasteiger partial charge in [0.2, 0.25) is 5.91 Å². The Hall–Kier alpha value is -2.84. The van der Waals surface area contributed by atoms with Gasteiger partial charge >= 0.3 is 0 Å². The molecule has 3 heterocycles. The van der Waals surface area contributed by atoms with Crippen molar-refractivity contribution in [1.82, 2.24) is 15.2 Å². The summed E-state index contributed by atoms with van der Waals surface area (Å²) in [5.74, 6) is 0.303. The van der Waals surface area contributed by atoms with Crippen LogP contribution in [0.25, 0.3) is 17.0 Å². The van der Waals surface area contributed by atoms with E-state index < -0.39 is 0 Å². The zero-order chi connectivity index (χ0) is 20.2. The fourth-order valence-corrected chi connectivity index (χ4v) is 4.46. The summed E-state index contributed by atoms with van der Waals surface area (Å²) in [4.78, 5) is 29.9. The van der Waals surface area contributed by atoms with E-state index in [1.807, 2.05) is 24.4 Å². The molecule has 1 fully saturated rings. The van der Waals surface area contributed by atoms with Crippen LogP contribution in [0.3, 0.4) is 0 Å². The van der Waals surface area contributed by atoms with Crippen LogP contribution in [0.5, 0.6) is 0 Å². The zero-order valence-corrected chi connectivity index (χ0v) is 17.1. The van der Waals surface area contributed by atoms with Gasteiger partial charge in [0, 0.05) is 42.7 Å². The lowest BCUT2D eigenvalue weighted by Gasteiger charge is -2.14. The number of aromatic amines is 1. The van der Waals surface area contributed by atoms with Crippen LogP contribution in [0.1, 0.15) is 17.7 Å². The Kier molecular flexibility index (Phi) is 5.82. The number of amides is 2. The summed E-state index contributed by atoms with van der Waals surface area (Å²) in [6, 6.07) is 11.6. The van der Waals surface area contributed by atoms with Crippen molar-refractivity contribution in [2.24, 2.45) is 0 Å². The number of thiocarbonyl (C=S) groups is 1. The lowest BCUT2D eigenvalue weighted by atomic mass is 10.1. The molecule has 2 N–H and O–H groups in total. The molecule has 0 bridgehead atoms. The number of hydrogen-bond acceptors (Lipinski definition) is 5. The third-order valence-electron chi connectivity index (χ3n) is 4.64. The van der Waals surface area contributed by atoms with E-state index in [9.17, 15) is 9.59 Å². The predicted molar refractivity (Wildman–Crippen MR) is 118 cm³/mol. The van der Waals surface area contributed by atoms with Crippen molar-refractivity contribution in [3.8, 4) is 0 Å². The van der Waals surface area contributed by atoms with E-state index in [0.29, 0.717) is 21.5 Å². The second kappa shape index (κ2) is 8.67. The van der Waals surface area contributed by atoms with Crippen LogP contribution in [0, 0.1) is 0 Å². The van der Waals surface area contributed by atoms with Gasteiger partial charge in [-0.1, -0.05) is 42.2 Å². The van der Waals surface area contributed by atoms with Gasteiger partial charge in [-0.15, -0.1) is 0 Å². The maximum atomic E-state index is 12.5. The van der Waals surface area contributed by atoms with E-state index in [1.54, 1.807) is 24.5 Å². The summed E-state index contributed by atoms with van der Waals surface area (Å²) < 4.78 is 5.70. The fraction of sp³-hybridized carbons (Fsp3) is 0.190. The maximum absolute atomic E-state index is 12.5. The Balaban J connectivity index is 1.26. The number of H-pyrrole nitrogens is 1. The van der Waals surface area contributed by atoms with Crippen LogP contribution >= 0.6 is 24.0 Å². The minimum atomic E-state index is -0.192. The Bertz CT molecular complexity index is 1090. The predicted octanol–water partition coefficient (Wildman–Crippen LogP) is 3.71. The van der Waals surface area contributed by atoms with Gasteiger partial charge in [-0.2, -0.15) is 0 Å². The average Bonchev–Trinajstić information content (AvgIpc) is 3.43. The molecule has 0 aliphatic carbocycles. The number of nitrogens with one attached hydrogen (secondary N) is 2. The van der Waals surface area contributed by atoms with Gasteiger partial charge in [-0.3, -0.25) is 14.5 Å². The molecule has 3 aromatic rings. The van der Waals surface area contributed by atoms with E-state index in [0.717, 1.165) is 11.9 Å². The van der Waals surface area contributed by atoms with Crippen molar-refractivity contribution in [3.63, 3.8) is 0 Å². The largest absolute Gasteiger partial charge is 0.465 e. The van der Waals surface area contributed by atoms with Crippen LogP contribution in [0.4, 0.5) is 0 Å². The second-order valence-electron chi connectivity index (χ2n) is 6.56. The van der Waals surface area contributed by atoms with Gasteiger partial charge in [-0.25, -0.2) is 0 Å². The summed E-state index contributed by atoms with van der Waals surface area (Å²) in [6.07, 6.45) is 6.13. The monoisotopic (exact) mass is 425 g/mol. The standard InChI is InChI=1S/C21H19N3O3S2/c25-19(22-9-7-14-13-23-17-6-2-1-5-16(14)17)8-10-24-20(26)18(29-21(24)28)12-15-4-3-11-27-15/h1-6,11-13,23H,7-10H2,(H,22,25). The molecule has 0 unspecified atom stereocenters. The Morgan fingerprint density at radius 2 is 2.14 bits per heavy atom. The number of furan rings is 1. The molecule has 2 amide bonds. The number of benzene rings is 1. The number of fused-ring (bicyclic) bond motifs is 1. The van der Waals surface area contributed by atoms with E-state index in [4.69, 9.17) is 16.6 Å². The number of carbonyl (C=O) groups excluding carboxylic acids is 2. The van der Waals surface area contributed by atoms with Crippen LogP contribution in [-0.4, -0.2) is 39.1 Å². The van der Waals surface area contributed by atoms with Crippen molar-refractivity contribution in [2.75, 3.05) is 13.1 Å². The molecule has 1 aliphatic heterocycles. The molecule has 29 heavy (non-hydrogen) atoms. The molecule has 1 aliphatic rings. The lowest BCUT2D eigenvalue weighted by molar-refractivity contribution is -0.123. The molecule has 4 rings (SSSR count). The lowest BCUT2D eigenvalue weighted by Crippen LogP contribution is -2.34. The smallest absolute Gasteiger partial charge is 0.266 e. The van der Waals surface area contributed by atoms with E-state index in [1.165, 1.54) is 27.6 Å². The number of thioether (sulfide) groups is 1. The van der Waals surface area contributed by atoms with Crippen molar-refractivity contribution >= 4 is 57.1 Å². The molecular formula is C21H19N3O3S2. The van der Waals surface area contributed by atoms with Crippen LogP contribution in [0.15, 0.2) is 58.2 Å². The highest BCUT2D eigenvalue weighted by Gasteiger charge is 2.32. The van der Waals surface area contributed by atoms with Crippen molar-refractivity contribution in [1.29, 1.82) is 0 Å². The van der Waals surface area contributed by atoms with Crippen LogP contribution in [0.2, 0.25) is 0 Å². The molecule has 0 atom stereocenters. The molecular weight excluding hydrogens is 406 g/mol. The van der Waals surface area contributed by atoms with Crippen molar-refractivity contribution in [2.45, 2.75) is 12.8 Å². The van der Waals surface area contributed by atoms with Gasteiger partial charge in [0.1, 0.15) is 10.1 Å². The van der Waals surface area contributed by atoms with Crippen molar-refractivity contribution < 1.29 is 14.0 Å². The van der Waals surface area contributed by atoms with Gasteiger partial charge in [0.15, 0.2) is 0 Å². The number of aromatic nitrogens is 1. The molecule has 2 aromatic heterocycles. The Morgan fingerprint density at radius 1 is 1.28 bits per heavy atom. The number of hydrogen-bond donors (Lipinski definition) is 2. The van der Waals surface area contributed by atoms with Gasteiger partial charge in [0.05, 0.1) is 11.2 Å². The Morgan fingerprint density at radius 3 is 2.97 bits per heavy atom. The highest BCUT2D eigenvalue weighted by molar-refractivity contribution is 8.26. The first kappa shape index (κ1) is 19.5. The Labute approximate surface area is 177 Å². The minimum absolute atomic E-state index is 0.103. The van der Waals surface area contributed by atoms with E-state index in [2.05, 4.69) is 16.4 Å². The summed E-state index contributed by atoms with van der Waals surface area (Å²) in [5, 5.41) is 4.09. The molecule has 0 radical (unpaired) electrons. The SMILES string of the molecule is O=C(CCN1C(=O)C(=Cc2ccco2)SC1=S)NCCc1c[nH]c2ccccc12. The number of rotatable bonds is 7. The van der Waals surface area contributed by atoms with Gasteiger partial charge in [-0.05, 0) is 30.2 Å². The summed E-state index contributed by atoms with van der Waals surface area (Å²) in [5.41, 5.74) is 2.26. The fourth-order valence-electron chi connectivity index (χ4n) is 3.17. The molecule has 0 saturated carbocycles. The molecule has 148 valence electrons. The maximum Gasteiger partial charge on any atom is 0.266 e. The zero-order valence-electron chi connectivity index (χ0n) is 15.5. The third-order valence-corrected chi connectivity index (χ3v) is 6.02. The number of para-hydroxylation sites is 1. The van der Waals surface area contributed by atoms with E-state index in [-0.39, 0.29) is 24.8 Å². The summed E-state index contributed by atoms with van der Waals surface area (Å²) >= 11 is 6.51. The van der Waals surface area contributed by atoms with Crippen LogP contribution in [-0.2, 0) is 16.0 Å². The van der Waals surface area contributed by atoms with Crippen molar-refractivity contribution in [3.05, 3.63) is 65.1 Å². The first-order valence-corrected chi connectivity index (χ1v) is 10.4. The number of nitrogens with zero attached hydrogens (tertiary/aromatic N) is 1. The molecule has 8 heteroatoms. The topological polar surface area (TPSA) is 78.3 Å². The first-order valence-electron chi connectivity index (χ1n) is 9.22. The van der Waals surface area contributed by atoms with E-state index >= 15 is 0 Å². The summed E-state index contributed by atoms with van der Waals surface area (Å²) in [7, 11) is 0. The molecule has 1 aromatic carbocycles. The van der Waals surface area contributed by atoms with Gasteiger partial charge in [0.25, 0.3) is 5.91 Å². The average molecular weight is 426 g/mol. The minimum Gasteiger partial charge on any atom is -0.465 e. The number of carbonyl (C=O) groups is 2. The molecule has 6 nitrogen and oxygen atoms in total. The van der Waals surface area contributed by atoms with Gasteiger partial charge < -0.3 is 14.7 Å². The summed E-state index contributed by atoms with van der Waals surface area (Å²) in [6.45, 7) is 0.802. The third kappa shape index (κ3) is 4.44. The van der Waals surface area contributed by atoms with Crippen LogP contribution < -0.4 is 5.32 Å². The highest BCUT2D eigenvalue weighted by atomic mass is 32.2. The molecule has 0 spiro atoms. The first-order chi connectivity index (χ1) is 14.1. The second-order valence-corrected chi connectivity index (χ2v) is 8.23. The molecule has 1 saturated heterocycles. The quantitative estimate of drug-likeness (QED) is 0.446.